The predicted octanol–water partition coefficient (Wildman–Crippen LogP) is 2.83. The molecule has 0 bridgehead atoms. The Bertz CT molecular complexity index is 508. The molecule has 116 valence electrons. The van der Waals surface area contributed by atoms with Gasteiger partial charge in [0.2, 0.25) is 0 Å². The van der Waals surface area contributed by atoms with E-state index in [1.54, 1.807) is 6.07 Å². The maximum absolute atomic E-state index is 8.95. The van der Waals surface area contributed by atoms with Crippen LogP contribution >= 0.6 is 11.6 Å². The van der Waals surface area contributed by atoms with Crippen molar-refractivity contribution in [2.75, 3.05) is 24.6 Å². The predicted molar refractivity (Wildman–Crippen MR) is 85.4 cm³/mol. The molecule has 1 aliphatic rings. The molecule has 1 atom stereocenters. The van der Waals surface area contributed by atoms with Crippen molar-refractivity contribution in [1.82, 2.24) is 0 Å². The third-order valence-electron chi connectivity index (χ3n) is 3.62. The summed E-state index contributed by atoms with van der Waals surface area (Å²) in [6.07, 6.45) is 3.39. The van der Waals surface area contributed by atoms with Gasteiger partial charge in [-0.2, -0.15) is 0 Å². The van der Waals surface area contributed by atoms with E-state index in [-0.39, 0.29) is 11.9 Å². The molecule has 1 aliphatic heterocycles. The molecule has 1 fully saturated rings. The molecule has 0 aromatic heterocycles. The zero-order chi connectivity index (χ0) is 15.2. The third-order valence-corrected chi connectivity index (χ3v) is 3.85. The van der Waals surface area contributed by atoms with E-state index in [0.717, 1.165) is 44.6 Å². The second kappa shape index (κ2) is 7.52. The molecule has 1 saturated heterocycles. The number of ether oxygens (including phenoxy) is 1. The summed E-state index contributed by atoms with van der Waals surface area (Å²) in [6.45, 7) is 4.63. The van der Waals surface area contributed by atoms with Gasteiger partial charge in [0.15, 0.2) is 5.84 Å². The lowest BCUT2D eigenvalue weighted by Gasteiger charge is -2.35. The summed E-state index contributed by atoms with van der Waals surface area (Å²) in [5.41, 5.74) is 7.35. The van der Waals surface area contributed by atoms with Crippen LogP contribution in [0, 0.1) is 0 Å². The summed E-state index contributed by atoms with van der Waals surface area (Å²) < 4.78 is 5.86. The molecule has 0 radical (unpaired) electrons. The Morgan fingerprint density at radius 3 is 3.10 bits per heavy atom. The highest BCUT2D eigenvalue weighted by molar-refractivity contribution is 6.31. The van der Waals surface area contributed by atoms with E-state index in [1.807, 2.05) is 12.1 Å². The van der Waals surface area contributed by atoms with Gasteiger partial charge in [0.1, 0.15) is 0 Å². The van der Waals surface area contributed by atoms with E-state index in [1.165, 1.54) is 0 Å². The number of hydrogen-bond donors (Lipinski definition) is 2. The second-order valence-corrected chi connectivity index (χ2v) is 5.66. The van der Waals surface area contributed by atoms with Crippen LogP contribution in [0.25, 0.3) is 0 Å². The summed E-state index contributed by atoms with van der Waals surface area (Å²) in [7, 11) is 0. The number of rotatable bonds is 5. The summed E-state index contributed by atoms with van der Waals surface area (Å²) >= 11 is 6.02. The van der Waals surface area contributed by atoms with Gasteiger partial charge in [0.05, 0.1) is 6.10 Å². The van der Waals surface area contributed by atoms with Crippen LogP contribution in [0.3, 0.4) is 0 Å². The van der Waals surface area contributed by atoms with E-state index >= 15 is 0 Å². The molecule has 1 aromatic carbocycles. The number of benzene rings is 1. The Balaban J connectivity index is 2.20. The fraction of sp³-hybridized carbons (Fsp3) is 0.533. The molecule has 21 heavy (non-hydrogen) atoms. The van der Waals surface area contributed by atoms with Crippen molar-refractivity contribution >= 4 is 23.1 Å². The molecule has 5 nitrogen and oxygen atoms in total. The fourth-order valence-corrected chi connectivity index (χ4v) is 2.79. The van der Waals surface area contributed by atoms with Crippen molar-refractivity contribution in [2.45, 2.75) is 32.3 Å². The summed E-state index contributed by atoms with van der Waals surface area (Å²) in [6, 6.07) is 5.46. The Morgan fingerprint density at radius 2 is 2.38 bits per heavy atom. The van der Waals surface area contributed by atoms with Gasteiger partial charge < -0.3 is 20.6 Å². The first-order valence-corrected chi connectivity index (χ1v) is 7.67. The van der Waals surface area contributed by atoms with Crippen LogP contribution in [0.2, 0.25) is 5.02 Å². The average Bonchev–Trinajstić information content (AvgIpc) is 2.52. The quantitative estimate of drug-likeness (QED) is 0.380. The molecular weight excluding hydrogens is 290 g/mol. The van der Waals surface area contributed by atoms with Gasteiger partial charge in [0, 0.05) is 36.0 Å². The molecule has 1 heterocycles. The third kappa shape index (κ3) is 4.02. The minimum atomic E-state index is 0.0732. The number of piperidine rings is 1. The topological polar surface area (TPSA) is 71.1 Å². The molecule has 6 heteroatoms. The highest BCUT2D eigenvalue weighted by atomic mass is 35.5. The van der Waals surface area contributed by atoms with Gasteiger partial charge in [0.25, 0.3) is 0 Å². The lowest BCUT2D eigenvalue weighted by molar-refractivity contribution is 0.0440. The zero-order valence-electron chi connectivity index (χ0n) is 12.3. The normalized spacial score (nSPS) is 19.8. The Hall–Kier alpha value is -1.46. The SMILES string of the molecule is CCCOC1CCCN(c2ccc(Cl)cc2C(N)=NO)C1. The van der Waals surface area contributed by atoms with Gasteiger partial charge in [-0.15, -0.1) is 0 Å². The van der Waals surface area contributed by atoms with Crippen molar-refractivity contribution in [3.8, 4) is 0 Å². The van der Waals surface area contributed by atoms with Crippen molar-refractivity contribution in [3.63, 3.8) is 0 Å². The highest BCUT2D eigenvalue weighted by Gasteiger charge is 2.23. The summed E-state index contributed by atoms with van der Waals surface area (Å²) in [5.74, 6) is 0.0732. The second-order valence-electron chi connectivity index (χ2n) is 5.23. The molecular formula is C15H22ClN3O2. The van der Waals surface area contributed by atoms with Gasteiger partial charge in [-0.1, -0.05) is 23.7 Å². The first-order chi connectivity index (χ1) is 10.2. The number of anilines is 1. The first kappa shape index (κ1) is 15.9. The number of halogens is 1. The molecule has 2 rings (SSSR count). The van der Waals surface area contributed by atoms with Crippen LogP contribution in [-0.4, -0.2) is 36.8 Å². The standard InChI is InChI=1S/C15H22ClN3O2/c1-2-8-21-12-4-3-7-19(10-12)14-6-5-11(16)9-13(14)15(17)18-20/h5-6,9,12,20H,2-4,7-8,10H2,1H3,(H2,17,18). The molecule has 3 N–H and O–H groups in total. The Labute approximate surface area is 130 Å². The van der Waals surface area contributed by atoms with Gasteiger partial charge >= 0.3 is 0 Å². The van der Waals surface area contributed by atoms with Crippen LogP contribution in [-0.2, 0) is 4.74 Å². The number of oxime groups is 1. The van der Waals surface area contributed by atoms with Crippen LogP contribution in [0.15, 0.2) is 23.4 Å². The average molecular weight is 312 g/mol. The van der Waals surface area contributed by atoms with E-state index in [0.29, 0.717) is 10.6 Å². The lowest BCUT2D eigenvalue weighted by atomic mass is 10.0. The van der Waals surface area contributed by atoms with Crippen molar-refractivity contribution in [1.29, 1.82) is 0 Å². The maximum Gasteiger partial charge on any atom is 0.172 e. The maximum atomic E-state index is 8.95. The molecule has 1 aromatic rings. The first-order valence-electron chi connectivity index (χ1n) is 7.29. The van der Waals surface area contributed by atoms with Crippen LogP contribution in [0.1, 0.15) is 31.7 Å². The van der Waals surface area contributed by atoms with Crippen LogP contribution in [0.5, 0.6) is 0 Å². The Morgan fingerprint density at radius 1 is 1.57 bits per heavy atom. The Kier molecular flexibility index (Phi) is 5.70. The van der Waals surface area contributed by atoms with Crippen molar-refractivity contribution in [2.24, 2.45) is 10.9 Å². The number of amidine groups is 1. The molecule has 1 unspecified atom stereocenters. The van der Waals surface area contributed by atoms with Crippen LogP contribution in [0.4, 0.5) is 5.69 Å². The van der Waals surface area contributed by atoms with E-state index < -0.39 is 0 Å². The lowest BCUT2D eigenvalue weighted by Crippen LogP contribution is -2.40. The van der Waals surface area contributed by atoms with E-state index in [9.17, 15) is 0 Å². The number of nitrogens with two attached hydrogens (primary N) is 1. The smallest absolute Gasteiger partial charge is 0.172 e. The molecule has 0 spiro atoms. The summed E-state index contributed by atoms with van der Waals surface area (Å²) in [4.78, 5) is 2.22. The monoisotopic (exact) mass is 311 g/mol. The van der Waals surface area contributed by atoms with E-state index in [4.69, 9.17) is 27.3 Å². The molecule has 0 amide bonds. The minimum absolute atomic E-state index is 0.0732. The molecule has 0 aliphatic carbocycles. The number of hydrogen-bond acceptors (Lipinski definition) is 4. The van der Waals surface area contributed by atoms with Gasteiger partial charge in [-0.3, -0.25) is 0 Å². The van der Waals surface area contributed by atoms with Crippen molar-refractivity contribution < 1.29 is 9.94 Å². The number of nitrogens with zero attached hydrogens (tertiary/aromatic N) is 2. The summed E-state index contributed by atoms with van der Waals surface area (Å²) in [5, 5.41) is 12.6. The van der Waals surface area contributed by atoms with Gasteiger partial charge in [-0.25, -0.2) is 0 Å². The largest absolute Gasteiger partial charge is 0.409 e. The van der Waals surface area contributed by atoms with E-state index in [2.05, 4.69) is 17.0 Å². The molecule has 0 saturated carbocycles. The van der Waals surface area contributed by atoms with Crippen molar-refractivity contribution in [3.05, 3.63) is 28.8 Å². The van der Waals surface area contributed by atoms with Crippen LogP contribution < -0.4 is 10.6 Å². The minimum Gasteiger partial charge on any atom is -0.409 e. The highest BCUT2D eigenvalue weighted by Crippen LogP contribution is 2.27. The zero-order valence-corrected chi connectivity index (χ0v) is 13.0. The van der Waals surface area contributed by atoms with Gasteiger partial charge in [-0.05, 0) is 37.5 Å². The fourth-order valence-electron chi connectivity index (χ4n) is 2.62.